The highest BCUT2D eigenvalue weighted by atomic mass is 35.5. The van der Waals surface area contributed by atoms with Gasteiger partial charge in [0, 0.05) is 34.4 Å². The zero-order chi connectivity index (χ0) is 17.0. The molecule has 0 spiro atoms. The van der Waals surface area contributed by atoms with Gasteiger partial charge in [-0.1, -0.05) is 29.3 Å². The van der Waals surface area contributed by atoms with Crippen molar-refractivity contribution < 1.29 is 18.3 Å². The molecule has 8 heteroatoms. The lowest BCUT2D eigenvalue weighted by atomic mass is 10.2. The number of halogens is 4. The fraction of sp³-hybridized carbons (Fsp3) is 0.133. The fourth-order valence-corrected chi connectivity index (χ4v) is 2.32. The van der Waals surface area contributed by atoms with E-state index in [4.69, 9.17) is 23.2 Å². The number of carbonyl (C=O) groups is 1. The van der Waals surface area contributed by atoms with Crippen LogP contribution in [0.25, 0.3) is 0 Å². The van der Waals surface area contributed by atoms with E-state index < -0.39 is 23.4 Å². The van der Waals surface area contributed by atoms with E-state index in [1.54, 1.807) is 18.2 Å². The molecule has 0 aliphatic carbocycles. The van der Waals surface area contributed by atoms with Crippen molar-refractivity contribution in [2.75, 3.05) is 12.4 Å². The summed E-state index contributed by atoms with van der Waals surface area (Å²) in [6.45, 7) is 0.128. The average molecular weight is 361 g/mol. The second kappa shape index (κ2) is 7.48. The standard InChI is InChI=1S/C15H12Cl2F2N2O2/c1-23-14-12(18)5-10(6-13(14)19)21-15(22)20-7-8-2-3-9(16)4-11(8)17/h2-6H,7H2,1H3,(H2,20,21,22). The van der Waals surface area contributed by atoms with Crippen LogP contribution in [0.3, 0.4) is 0 Å². The van der Waals surface area contributed by atoms with E-state index in [0.29, 0.717) is 15.6 Å². The molecular weight excluding hydrogens is 349 g/mol. The smallest absolute Gasteiger partial charge is 0.319 e. The molecule has 0 saturated carbocycles. The van der Waals surface area contributed by atoms with Crippen LogP contribution in [0.15, 0.2) is 30.3 Å². The zero-order valence-electron chi connectivity index (χ0n) is 11.9. The van der Waals surface area contributed by atoms with Crippen LogP contribution in [0, 0.1) is 11.6 Å². The summed E-state index contributed by atoms with van der Waals surface area (Å²) in [7, 11) is 1.15. The number of amides is 2. The first-order valence-corrected chi connectivity index (χ1v) is 7.18. The first kappa shape index (κ1) is 17.3. The molecule has 0 bridgehead atoms. The largest absolute Gasteiger partial charge is 0.491 e. The van der Waals surface area contributed by atoms with Crippen LogP contribution in [0.5, 0.6) is 5.75 Å². The van der Waals surface area contributed by atoms with Gasteiger partial charge in [-0.2, -0.15) is 0 Å². The fourth-order valence-electron chi connectivity index (χ4n) is 1.84. The van der Waals surface area contributed by atoms with Crippen molar-refractivity contribution in [3.05, 3.63) is 57.6 Å². The van der Waals surface area contributed by atoms with Crippen LogP contribution >= 0.6 is 23.2 Å². The highest BCUT2D eigenvalue weighted by Gasteiger charge is 2.13. The van der Waals surface area contributed by atoms with Gasteiger partial charge in [0.15, 0.2) is 17.4 Å². The van der Waals surface area contributed by atoms with Gasteiger partial charge in [0.25, 0.3) is 0 Å². The van der Waals surface area contributed by atoms with Crippen LogP contribution in [0.4, 0.5) is 19.3 Å². The van der Waals surface area contributed by atoms with Gasteiger partial charge in [-0.25, -0.2) is 13.6 Å². The van der Waals surface area contributed by atoms with Gasteiger partial charge in [-0.05, 0) is 17.7 Å². The van der Waals surface area contributed by atoms with Gasteiger partial charge in [0.1, 0.15) is 0 Å². The van der Waals surface area contributed by atoms with Gasteiger partial charge in [-0.3, -0.25) is 0 Å². The van der Waals surface area contributed by atoms with E-state index in [-0.39, 0.29) is 12.2 Å². The van der Waals surface area contributed by atoms with E-state index in [1.165, 1.54) is 0 Å². The van der Waals surface area contributed by atoms with E-state index >= 15 is 0 Å². The molecule has 0 aliphatic heterocycles. The third-order valence-electron chi connectivity index (χ3n) is 2.91. The number of hydrogen-bond donors (Lipinski definition) is 2. The molecule has 0 unspecified atom stereocenters. The number of rotatable bonds is 4. The number of anilines is 1. The molecule has 0 aromatic heterocycles. The minimum absolute atomic E-state index is 0.0412. The maximum atomic E-state index is 13.5. The molecule has 0 aliphatic rings. The minimum atomic E-state index is -0.913. The van der Waals surface area contributed by atoms with Crippen molar-refractivity contribution in [1.82, 2.24) is 5.32 Å². The molecule has 2 N–H and O–H groups in total. The molecule has 2 rings (SSSR count). The molecule has 0 radical (unpaired) electrons. The summed E-state index contributed by atoms with van der Waals surface area (Å²) in [5.74, 6) is -2.34. The van der Waals surface area contributed by atoms with Gasteiger partial charge < -0.3 is 15.4 Å². The molecule has 2 aromatic rings. The quantitative estimate of drug-likeness (QED) is 0.836. The molecular formula is C15H12Cl2F2N2O2. The number of methoxy groups -OCH3 is 1. The molecule has 2 amide bonds. The lowest BCUT2D eigenvalue weighted by molar-refractivity contribution is 0.251. The SMILES string of the molecule is COc1c(F)cc(NC(=O)NCc2ccc(Cl)cc2Cl)cc1F. The Morgan fingerprint density at radius 3 is 2.39 bits per heavy atom. The second-order valence-electron chi connectivity index (χ2n) is 4.52. The summed E-state index contributed by atoms with van der Waals surface area (Å²) < 4.78 is 31.6. The predicted molar refractivity (Wildman–Crippen MR) is 85.2 cm³/mol. The highest BCUT2D eigenvalue weighted by molar-refractivity contribution is 6.35. The first-order valence-electron chi connectivity index (χ1n) is 6.42. The first-order chi connectivity index (χ1) is 10.9. The summed E-state index contributed by atoms with van der Waals surface area (Å²) >= 11 is 11.8. The summed E-state index contributed by atoms with van der Waals surface area (Å²) in [6, 6.07) is 6.12. The topological polar surface area (TPSA) is 50.4 Å². The van der Waals surface area contributed by atoms with Crippen LogP contribution in [0.2, 0.25) is 10.0 Å². The van der Waals surface area contributed by atoms with E-state index in [1.807, 2.05) is 0 Å². The molecule has 0 fully saturated rings. The third-order valence-corrected chi connectivity index (χ3v) is 3.50. The average Bonchev–Trinajstić information content (AvgIpc) is 2.46. The third kappa shape index (κ3) is 4.46. The van der Waals surface area contributed by atoms with Gasteiger partial charge in [0.05, 0.1) is 7.11 Å². The van der Waals surface area contributed by atoms with E-state index in [0.717, 1.165) is 19.2 Å². The molecule has 122 valence electrons. The minimum Gasteiger partial charge on any atom is -0.491 e. The zero-order valence-corrected chi connectivity index (χ0v) is 13.4. The van der Waals surface area contributed by atoms with E-state index in [9.17, 15) is 13.6 Å². The highest BCUT2D eigenvalue weighted by Crippen LogP contribution is 2.25. The Morgan fingerprint density at radius 1 is 1.17 bits per heavy atom. The maximum Gasteiger partial charge on any atom is 0.319 e. The predicted octanol–water partition coefficient (Wildman–Crippen LogP) is 4.60. The molecule has 0 heterocycles. The molecule has 2 aromatic carbocycles. The lowest BCUT2D eigenvalue weighted by Gasteiger charge is -2.10. The number of benzene rings is 2. The van der Waals surface area contributed by atoms with Crippen molar-refractivity contribution >= 4 is 34.9 Å². The summed E-state index contributed by atoms with van der Waals surface area (Å²) in [4.78, 5) is 11.8. The van der Waals surface area contributed by atoms with Crippen molar-refractivity contribution in [3.63, 3.8) is 0 Å². The number of carbonyl (C=O) groups excluding carboxylic acids is 1. The molecule has 4 nitrogen and oxygen atoms in total. The Labute approximate surface area is 141 Å². The Kier molecular flexibility index (Phi) is 5.63. The maximum absolute atomic E-state index is 13.5. The summed E-state index contributed by atoms with van der Waals surface area (Å²) in [5, 5.41) is 5.72. The van der Waals surface area contributed by atoms with Crippen molar-refractivity contribution in [2.24, 2.45) is 0 Å². The number of ether oxygens (including phenoxy) is 1. The lowest BCUT2D eigenvalue weighted by Crippen LogP contribution is -2.28. The van der Waals surface area contributed by atoms with E-state index in [2.05, 4.69) is 15.4 Å². The van der Waals surface area contributed by atoms with Crippen molar-refractivity contribution in [2.45, 2.75) is 6.54 Å². The summed E-state index contributed by atoms with van der Waals surface area (Å²) in [5.41, 5.74) is 0.610. The van der Waals surface area contributed by atoms with Gasteiger partial charge in [-0.15, -0.1) is 0 Å². The van der Waals surface area contributed by atoms with Crippen LogP contribution < -0.4 is 15.4 Å². The van der Waals surface area contributed by atoms with Gasteiger partial charge in [0.2, 0.25) is 0 Å². The second-order valence-corrected chi connectivity index (χ2v) is 5.36. The molecule has 23 heavy (non-hydrogen) atoms. The van der Waals surface area contributed by atoms with Crippen LogP contribution in [0.1, 0.15) is 5.56 Å². The van der Waals surface area contributed by atoms with Gasteiger partial charge >= 0.3 is 6.03 Å². The number of urea groups is 1. The molecule has 0 atom stereocenters. The Balaban J connectivity index is 2.00. The Morgan fingerprint density at radius 2 is 1.83 bits per heavy atom. The van der Waals surface area contributed by atoms with Crippen molar-refractivity contribution in [3.8, 4) is 5.75 Å². The number of nitrogens with one attached hydrogen (secondary N) is 2. The Bertz CT molecular complexity index is 718. The Hall–Kier alpha value is -2.05. The van der Waals surface area contributed by atoms with Crippen molar-refractivity contribution in [1.29, 1.82) is 0 Å². The van der Waals surface area contributed by atoms with Crippen LogP contribution in [-0.2, 0) is 6.54 Å². The number of hydrogen-bond acceptors (Lipinski definition) is 2. The van der Waals surface area contributed by atoms with Crippen LogP contribution in [-0.4, -0.2) is 13.1 Å². The summed E-state index contributed by atoms with van der Waals surface area (Å²) in [6.07, 6.45) is 0. The normalized spacial score (nSPS) is 10.3. The molecule has 0 saturated heterocycles. The monoisotopic (exact) mass is 360 g/mol.